The second-order valence-corrected chi connectivity index (χ2v) is 10.6. The van der Waals surface area contributed by atoms with Gasteiger partial charge in [0.05, 0.1) is 5.88 Å². The molecule has 16 heteroatoms. The van der Waals surface area contributed by atoms with E-state index in [0.717, 1.165) is 79.2 Å². The molecule has 2 aliphatic heterocycles. The van der Waals surface area contributed by atoms with Crippen molar-refractivity contribution in [3.05, 3.63) is 57.6 Å². The molecule has 1 amide bonds. The number of anilines is 2. The molecule has 2 fully saturated rings. The molecule has 0 aromatic heterocycles. The maximum absolute atomic E-state index is 11.5. The summed E-state index contributed by atoms with van der Waals surface area (Å²) in [5, 5.41) is 12.9. The Morgan fingerprint density at radius 2 is 1.25 bits per heavy atom. The van der Waals surface area contributed by atoms with Crippen molar-refractivity contribution < 1.29 is 129 Å². The Hall–Kier alpha value is 1.29. The normalized spacial score (nSPS) is 13.3. The van der Waals surface area contributed by atoms with E-state index >= 15 is 0 Å². The summed E-state index contributed by atoms with van der Waals surface area (Å²) in [6, 6.07) is 12.3. The van der Waals surface area contributed by atoms with Gasteiger partial charge in [0.1, 0.15) is 5.88 Å². The van der Waals surface area contributed by atoms with Gasteiger partial charge in [0.15, 0.2) is 0 Å². The number of benzene rings is 2. The molecule has 2 aliphatic rings. The summed E-state index contributed by atoms with van der Waals surface area (Å²) in [5.41, 5.74) is 4.68. The largest absolute Gasteiger partial charge is 1.00 e. The maximum Gasteiger partial charge on any atom is 1.00 e. The van der Waals surface area contributed by atoms with Gasteiger partial charge in [0.2, 0.25) is 11.1 Å². The number of halogens is 5. The maximum atomic E-state index is 11.5. The van der Waals surface area contributed by atoms with Crippen LogP contribution in [-0.4, -0.2) is 86.6 Å². The molecule has 2 saturated heterocycles. The number of nitrogens with zero attached hydrogens (tertiary/aromatic N) is 3. The third-order valence-electron chi connectivity index (χ3n) is 6.02. The van der Waals surface area contributed by atoms with Crippen LogP contribution in [-0.2, 0) is 19.3 Å². The molecule has 0 bridgehead atoms. The SMILES string of the molecule is C.Cc1cc(N2CCN(C(=O)CCl)CC2)ccc1Cl.Cc1cc(N2CCNCC2)ccc1Cl.O=C(Cl)CCl.O=CO[O-].[H-].[K+].[K+]. The number of amides is 1. The molecule has 0 aliphatic carbocycles. The van der Waals surface area contributed by atoms with E-state index in [9.17, 15) is 9.59 Å². The molecule has 0 saturated carbocycles. The smallest absolute Gasteiger partial charge is 1.00 e. The van der Waals surface area contributed by atoms with Crippen molar-refractivity contribution in [1.29, 1.82) is 0 Å². The van der Waals surface area contributed by atoms with Crippen molar-refractivity contribution >= 4 is 87.0 Å². The molecule has 238 valence electrons. The first-order valence-electron chi connectivity index (χ1n) is 12.6. The van der Waals surface area contributed by atoms with Gasteiger partial charge in [0.25, 0.3) is 6.47 Å². The van der Waals surface area contributed by atoms with Crippen LogP contribution in [0.1, 0.15) is 20.0 Å². The molecule has 2 aromatic carbocycles. The van der Waals surface area contributed by atoms with Crippen LogP contribution in [0.4, 0.5) is 11.4 Å². The van der Waals surface area contributed by atoms with Gasteiger partial charge in [-0.05, 0) is 73.0 Å². The van der Waals surface area contributed by atoms with E-state index in [1.54, 1.807) is 0 Å². The molecule has 0 radical (unpaired) electrons. The van der Waals surface area contributed by atoms with E-state index in [1.807, 2.05) is 36.9 Å². The molecule has 2 aromatic rings. The number of carbonyl (C=O) groups excluding carboxylic acids is 3. The van der Waals surface area contributed by atoms with Crippen molar-refractivity contribution in [3.63, 3.8) is 0 Å². The summed E-state index contributed by atoms with van der Waals surface area (Å²) in [7, 11) is 0. The van der Waals surface area contributed by atoms with E-state index < -0.39 is 5.24 Å². The van der Waals surface area contributed by atoms with Crippen molar-refractivity contribution in [2.75, 3.05) is 73.9 Å². The van der Waals surface area contributed by atoms with E-state index in [1.165, 1.54) is 5.69 Å². The molecule has 0 unspecified atom stereocenters. The third-order valence-corrected chi connectivity index (χ3v) is 7.61. The van der Waals surface area contributed by atoms with Crippen LogP contribution in [0.15, 0.2) is 36.4 Å². The Labute approximate surface area is 372 Å². The molecule has 1 N–H and O–H groups in total. The van der Waals surface area contributed by atoms with Gasteiger partial charge in [-0.25, -0.2) is 0 Å². The van der Waals surface area contributed by atoms with E-state index in [0.29, 0.717) is 0 Å². The van der Waals surface area contributed by atoms with Crippen LogP contribution in [0.3, 0.4) is 0 Å². The predicted octanol–water partition coefficient (Wildman–Crippen LogP) is -1.22. The molecule has 0 spiro atoms. The first-order valence-corrected chi connectivity index (χ1v) is 14.8. The van der Waals surface area contributed by atoms with Crippen LogP contribution in [0.2, 0.25) is 10.0 Å². The van der Waals surface area contributed by atoms with Crippen LogP contribution in [0.25, 0.3) is 0 Å². The number of nitrogens with one attached hydrogen (secondary N) is 1. The number of hydrogen-bond donors (Lipinski definition) is 1. The molecule has 44 heavy (non-hydrogen) atoms. The second-order valence-electron chi connectivity index (χ2n) is 8.79. The van der Waals surface area contributed by atoms with Gasteiger partial charge in [-0.1, -0.05) is 30.6 Å². The molecular weight excluding hydrogens is 728 g/mol. The van der Waals surface area contributed by atoms with Gasteiger partial charge in [-0.15, -0.1) is 23.2 Å². The minimum absolute atomic E-state index is 0. The van der Waals surface area contributed by atoms with Gasteiger partial charge in [-0.2, -0.15) is 0 Å². The Morgan fingerprint density at radius 3 is 1.57 bits per heavy atom. The van der Waals surface area contributed by atoms with E-state index in [2.05, 4.69) is 38.2 Å². The topological polar surface area (TPSA) is 105 Å². The molecule has 0 atom stereocenters. The summed E-state index contributed by atoms with van der Waals surface area (Å²) < 4.78 is 0. The van der Waals surface area contributed by atoms with Crippen LogP contribution in [0.5, 0.6) is 0 Å². The first-order chi connectivity index (χ1) is 19.6. The molecular formula is C28H39Cl5K2N4O5. The van der Waals surface area contributed by atoms with Crippen molar-refractivity contribution in [2.45, 2.75) is 21.3 Å². The van der Waals surface area contributed by atoms with Gasteiger partial charge < -0.3 is 31.6 Å². The number of piperazine rings is 2. The third kappa shape index (κ3) is 20.0. The van der Waals surface area contributed by atoms with Crippen molar-refractivity contribution in [3.8, 4) is 0 Å². The van der Waals surface area contributed by atoms with Crippen LogP contribution in [0, 0.1) is 13.8 Å². The summed E-state index contributed by atoms with van der Waals surface area (Å²) >= 11 is 27.1. The van der Waals surface area contributed by atoms with Gasteiger partial charge >= 0.3 is 103 Å². The first kappa shape index (κ1) is 49.7. The Morgan fingerprint density at radius 1 is 0.864 bits per heavy atom. The fraction of sp³-hybridized carbons (Fsp3) is 0.464. The summed E-state index contributed by atoms with van der Waals surface area (Å²) in [5.74, 6) is -0.00896. The average Bonchev–Trinajstić information content (AvgIpc) is 3.00. The zero-order valence-electron chi connectivity index (χ0n) is 25.9. The monoisotopic (exact) mass is 764 g/mol. The van der Waals surface area contributed by atoms with E-state index in [-0.39, 0.29) is 136 Å². The number of alkyl halides is 2. The minimum Gasteiger partial charge on any atom is -1.00 e. The van der Waals surface area contributed by atoms with Crippen molar-refractivity contribution in [1.82, 2.24) is 10.2 Å². The summed E-state index contributed by atoms with van der Waals surface area (Å²) in [4.78, 5) is 38.6. The zero-order valence-corrected chi connectivity index (χ0v) is 34.9. The fourth-order valence-electron chi connectivity index (χ4n) is 3.87. The van der Waals surface area contributed by atoms with Gasteiger partial charge in [0, 0.05) is 73.8 Å². The zero-order chi connectivity index (χ0) is 30.8. The number of rotatable bonds is 5. The number of hydrogen-bond acceptors (Lipinski definition) is 8. The van der Waals surface area contributed by atoms with Crippen molar-refractivity contribution in [2.24, 2.45) is 0 Å². The number of aryl methyl sites for hydroxylation is 2. The van der Waals surface area contributed by atoms with Gasteiger partial charge in [-0.3, -0.25) is 14.4 Å². The minimum atomic E-state index is -0.508. The predicted molar refractivity (Wildman–Crippen MR) is 174 cm³/mol. The molecule has 4 rings (SSSR count). The number of carbonyl (C=O) groups is 3. The van der Waals surface area contributed by atoms with Crippen LogP contribution >= 0.6 is 58.0 Å². The fourth-order valence-corrected chi connectivity index (χ4v) is 4.28. The second kappa shape index (κ2) is 29.2. The van der Waals surface area contributed by atoms with Crippen LogP contribution < -0.4 is 123 Å². The molecule has 2 heterocycles. The quantitative estimate of drug-likeness (QED) is 0.101. The van der Waals surface area contributed by atoms with E-state index in [4.69, 9.17) is 68.1 Å². The standard InChI is InChI=1S/C13H16Cl2N2O.C11H15ClN2.C2H2Cl2O.CH2O3.CH4.2K.H/c1-10-8-11(2-3-12(10)15)16-4-6-17(7-5-16)13(18)9-14;1-9-8-10(2-3-11(9)12)14-6-4-13-5-7-14;3-1-2(4)5;2-1-4-3;;;;/h2-3,8H,4-7,9H2,1H3;2-3,8,13H,4-7H2,1H3;1H2;1,3H;1H4;;;/q;;;;;2*+1;-1/p-1. The Bertz CT molecular complexity index is 1120. The Balaban J connectivity index is -0.000000279. The summed E-state index contributed by atoms with van der Waals surface area (Å²) in [6.07, 6.45) is 0. The Kier molecular flexibility index (Phi) is 33.0. The summed E-state index contributed by atoms with van der Waals surface area (Å²) in [6.45, 7) is 11.3. The average molecular weight is 767 g/mol. The molecule has 9 nitrogen and oxygen atoms in total.